The van der Waals surface area contributed by atoms with Crippen molar-refractivity contribution in [3.8, 4) is 17.1 Å². The van der Waals surface area contributed by atoms with Crippen LogP contribution in [0.2, 0.25) is 15.1 Å². The maximum atomic E-state index is 13.2. The van der Waals surface area contributed by atoms with Gasteiger partial charge in [-0.2, -0.15) is 13.2 Å². The minimum absolute atomic E-state index is 0.0178. The number of esters is 1. The Labute approximate surface area is 239 Å². The van der Waals surface area contributed by atoms with Gasteiger partial charge in [-0.25, -0.2) is 19.1 Å². The Balaban J connectivity index is 1.82. The Morgan fingerprint density at radius 2 is 1.70 bits per heavy atom. The number of carbonyl (C=O) groups is 1. The van der Waals surface area contributed by atoms with E-state index >= 15 is 0 Å². The molecule has 0 radical (unpaired) electrons. The first-order valence-electron chi connectivity index (χ1n) is 11.5. The van der Waals surface area contributed by atoms with Crippen LogP contribution in [0.3, 0.4) is 0 Å². The number of aliphatic hydroxyl groups excluding tert-OH is 1. The van der Waals surface area contributed by atoms with Gasteiger partial charge in [0.1, 0.15) is 12.2 Å². The number of rotatable bonds is 8. The summed E-state index contributed by atoms with van der Waals surface area (Å²) in [5.74, 6) is -0.652. The molecule has 1 unspecified atom stereocenters. The summed E-state index contributed by atoms with van der Waals surface area (Å²) in [6, 6.07) is 10.6. The van der Waals surface area contributed by atoms with Crippen molar-refractivity contribution in [3.05, 3.63) is 79.7 Å². The number of carbonyl (C=O) groups excluding carboxylic acids is 1. The van der Waals surface area contributed by atoms with E-state index in [-0.39, 0.29) is 38.8 Å². The lowest BCUT2D eigenvalue weighted by Gasteiger charge is -2.15. The van der Waals surface area contributed by atoms with Crippen LogP contribution in [0.4, 0.5) is 13.2 Å². The summed E-state index contributed by atoms with van der Waals surface area (Å²) >= 11 is 18.6. The molecule has 0 aliphatic heterocycles. The maximum absolute atomic E-state index is 13.2. The van der Waals surface area contributed by atoms with E-state index in [4.69, 9.17) is 39.5 Å². The van der Waals surface area contributed by atoms with Gasteiger partial charge in [0.15, 0.2) is 29.7 Å². The number of alkyl halides is 3. The standard InChI is InChI=1S/C24H20Cl3F3N6O4/c1-12(40-13(2)37)21-31-19(32-36(21)20-16(26)4-3-5-17(20)27)11-35-23(39)34(10-18(38)24(28,29)30)22(33-35)14-6-8-15(25)9-7-14/h3-9,12,18,38H,10-11H2,1-2H3/t12?,18-/m0/s1. The second-order valence-corrected chi connectivity index (χ2v) is 9.81. The van der Waals surface area contributed by atoms with Crippen molar-refractivity contribution in [2.45, 2.75) is 45.3 Å². The summed E-state index contributed by atoms with van der Waals surface area (Å²) < 4.78 is 47.5. The van der Waals surface area contributed by atoms with Crippen molar-refractivity contribution in [3.63, 3.8) is 0 Å². The molecule has 0 amide bonds. The van der Waals surface area contributed by atoms with Gasteiger partial charge in [0, 0.05) is 17.5 Å². The highest BCUT2D eigenvalue weighted by molar-refractivity contribution is 6.37. The van der Waals surface area contributed by atoms with E-state index in [1.807, 2.05) is 0 Å². The third kappa shape index (κ3) is 6.33. The number of benzene rings is 2. The van der Waals surface area contributed by atoms with E-state index < -0.39 is 43.1 Å². The monoisotopic (exact) mass is 618 g/mol. The fourth-order valence-electron chi connectivity index (χ4n) is 3.79. The highest BCUT2D eigenvalue weighted by Gasteiger charge is 2.39. The van der Waals surface area contributed by atoms with Gasteiger partial charge in [-0.1, -0.05) is 40.9 Å². The van der Waals surface area contributed by atoms with Gasteiger partial charge in [0.25, 0.3) is 0 Å². The van der Waals surface area contributed by atoms with E-state index in [0.717, 1.165) is 4.68 Å². The molecule has 1 N–H and O–H groups in total. The molecular weight excluding hydrogens is 600 g/mol. The third-order valence-electron chi connectivity index (χ3n) is 5.58. The second kappa shape index (κ2) is 11.6. The van der Waals surface area contributed by atoms with Crippen molar-refractivity contribution in [1.82, 2.24) is 29.1 Å². The quantitative estimate of drug-likeness (QED) is 0.280. The molecular formula is C24H20Cl3F3N6O4. The van der Waals surface area contributed by atoms with Crippen LogP contribution < -0.4 is 5.69 Å². The first-order chi connectivity index (χ1) is 18.8. The van der Waals surface area contributed by atoms with Gasteiger partial charge in [-0.05, 0) is 43.3 Å². The normalized spacial score (nSPS) is 13.3. The molecule has 0 aliphatic rings. The molecule has 10 nitrogen and oxygen atoms in total. The maximum Gasteiger partial charge on any atom is 0.416 e. The predicted molar refractivity (Wildman–Crippen MR) is 140 cm³/mol. The Kier molecular flexibility index (Phi) is 8.59. The Morgan fingerprint density at radius 1 is 1.07 bits per heavy atom. The summed E-state index contributed by atoms with van der Waals surface area (Å²) in [4.78, 5) is 29.2. The lowest BCUT2D eigenvalue weighted by molar-refractivity contribution is -0.207. The number of halogens is 6. The Hall–Kier alpha value is -3.39. The third-order valence-corrected chi connectivity index (χ3v) is 6.44. The summed E-state index contributed by atoms with van der Waals surface area (Å²) in [5.41, 5.74) is -0.457. The smallest absolute Gasteiger partial charge is 0.416 e. The minimum Gasteiger partial charge on any atom is -0.455 e. The molecule has 4 aromatic rings. The molecule has 0 bridgehead atoms. The molecule has 212 valence electrons. The van der Waals surface area contributed by atoms with E-state index in [9.17, 15) is 27.9 Å². The average molecular weight is 620 g/mol. The van der Waals surface area contributed by atoms with Crippen LogP contribution >= 0.6 is 34.8 Å². The molecule has 0 spiro atoms. The van der Waals surface area contributed by atoms with E-state index in [2.05, 4.69) is 15.2 Å². The highest BCUT2D eigenvalue weighted by Crippen LogP contribution is 2.31. The fourth-order valence-corrected chi connectivity index (χ4v) is 4.47. The average Bonchev–Trinajstić information content (AvgIpc) is 3.40. The number of hydrogen-bond acceptors (Lipinski definition) is 7. The van der Waals surface area contributed by atoms with Gasteiger partial charge in [-0.15, -0.1) is 10.2 Å². The molecule has 40 heavy (non-hydrogen) atoms. The highest BCUT2D eigenvalue weighted by atomic mass is 35.5. The number of aromatic nitrogens is 6. The minimum atomic E-state index is -4.98. The molecule has 0 saturated carbocycles. The van der Waals surface area contributed by atoms with Crippen molar-refractivity contribution in [2.24, 2.45) is 0 Å². The van der Waals surface area contributed by atoms with Gasteiger partial charge < -0.3 is 9.84 Å². The number of para-hydroxylation sites is 1. The largest absolute Gasteiger partial charge is 0.455 e. The van der Waals surface area contributed by atoms with Gasteiger partial charge in [-0.3, -0.25) is 9.36 Å². The van der Waals surface area contributed by atoms with Gasteiger partial charge in [0.05, 0.1) is 16.6 Å². The fraction of sp³-hybridized carbons (Fsp3) is 0.292. The van der Waals surface area contributed by atoms with Crippen LogP contribution in [0, 0.1) is 0 Å². The number of aliphatic hydroxyl groups is 1. The zero-order chi connectivity index (χ0) is 29.4. The van der Waals surface area contributed by atoms with E-state index in [0.29, 0.717) is 9.59 Å². The summed E-state index contributed by atoms with van der Waals surface area (Å²) in [5, 5.41) is 19.0. The molecule has 2 heterocycles. The first-order valence-corrected chi connectivity index (χ1v) is 12.7. The molecule has 2 aromatic heterocycles. The van der Waals surface area contributed by atoms with Crippen molar-refractivity contribution in [1.29, 1.82) is 0 Å². The second-order valence-electron chi connectivity index (χ2n) is 8.56. The Bertz CT molecular complexity index is 1580. The van der Waals surface area contributed by atoms with Crippen LogP contribution in [0.15, 0.2) is 47.3 Å². The lowest BCUT2D eigenvalue weighted by atomic mass is 10.2. The summed E-state index contributed by atoms with van der Waals surface area (Å²) in [7, 11) is 0. The molecule has 4 rings (SSSR count). The number of ether oxygens (including phenoxy) is 1. The Morgan fingerprint density at radius 3 is 2.27 bits per heavy atom. The van der Waals surface area contributed by atoms with Gasteiger partial charge in [0.2, 0.25) is 0 Å². The zero-order valence-corrected chi connectivity index (χ0v) is 23.0. The molecule has 16 heteroatoms. The summed E-state index contributed by atoms with van der Waals surface area (Å²) in [6.07, 6.45) is -8.73. The van der Waals surface area contributed by atoms with E-state index in [1.165, 1.54) is 42.8 Å². The molecule has 0 aliphatic carbocycles. The van der Waals surface area contributed by atoms with Crippen LogP contribution in [-0.4, -0.2) is 52.5 Å². The topological polar surface area (TPSA) is 117 Å². The first kappa shape index (κ1) is 29.6. The van der Waals surface area contributed by atoms with E-state index in [1.54, 1.807) is 18.2 Å². The van der Waals surface area contributed by atoms with Crippen LogP contribution in [0.5, 0.6) is 0 Å². The zero-order valence-electron chi connectivity index (χ0n) is 20.7. The molecule has 0 saturated heterocycles. The van der Waals surface area contributed by atoms with Crippen molar-refractivity contribution >= 4 is 40.8 Å². The lowest BCUT2D eigenvalue weighted by Crippen LogP contribution is -2.37. The van der Waals surface area contributed by atoms with Crippen molar-refractivity contribution in [2.75, 3.05) is 0 Å². The number of nitrogens with zero attached hydrogens (tertiary/aromatic N) is 6. The van der Waals surface area contributed by atoms with Crippen molar-refractivity contribution < 1.29 is 27.8 Å². The SMILES string of the molecule is CC(=O)OC(C)c1nc(Cn2nc(-c3ccc(Cl)cc3)n(C[C@H](O)C(F)(F)F)c2=O)nn1-c1c(Cl)cccc1Cl. The number of hydrogen-bond donors (Lipinski definition) is 1. The summed E-state index contributed by atoms with van der Waals surface area (Å²) in [6.45, 7) is 1.24. The predicted octanol–water partition coefficient (Wildman–Crippen LogP) is 4.85. The molecule has 0 fully saturated rings. The molecule has 2 aromatic carbocycles. The molecule has 2 atom stereocenters. The van der Waals surface area contributed by atoms with Gasteiger partial charge >= 0.3 is 17.8 Å². The van der Waals surface area contributed by atoms with Crippen LogP contribution in [0.1, 0.15) is 31.6 Å². The van der Waals surface area contributed by atoms with Crippen LogP contribution in [0.25, 0.3) is 17.1 Å². The van der Waals surface area contributed by atoms with Crippen LogP contribution in [-0.2, 0) is 22.6 Å².